The summed E-state index contributed by atoms with van der Waals surface area (Å²) in [5, 5.41) is 0. The van der Waals surface area contributed by atoms with Gasteiger partial charge >= 0.3 is 0 Å². The van der Waals surface area contributed by atoms with Gasteiger partial charge in [0.25, 0.3) is 0 Å². The third kappa shape index (κ3) is 3.47. The monoisotopic (exact) mass is 248 g/mol. The smallest absolute Gasteiger partial charge is 0.118 e. The third-order valence-electron chi connectivity index (χ3n) is 3.88. The van der Waals surface area contributed by atoms with Crippen LogP contribution in [0.2, 0.25) is 0 Å². The van der Waals surface area contributed by atoms with E-state index in [1.165, 1.54) is 24.8 Å². The van der Waals surface area contributed by atoms with Crippen molar-refractivity contribution in [3.63, 3.8) is 0 Å². The molecule has 2 rings (SSSR count). The van der Waals surface area contributed by atoms with Gasteiger partial charge in [-0.3, -0.25) is 0 Å². The van der Waals surface area contributed by atoms with E-state index in [0.29, 0.717) is 12.0 Å². The quantitative estimate of drug-likeness (QED) is 0.868. The van der Waals surface area contributed by atoms with E-state index >= 15 is 0 Å². The lowest BCUT2D eigenvalue weighted by molar-refractivity contribution is 0.259. The molecule has 0 amide bonds. The molecule has 0 heterocycles. The summed E-state index contributed by atoms with van der Waals surface area (Å²) in [7, 11) is 3.87. The first-order valence-corrected chi connectivity index (χ1v) is 6.76. The van der Waals surface area contributed by atoms with Crippen molar-refractivity contribution in [3.05, 3.63) is 29.8 Å². The van der Waals surface area contributed by atoms with Gasteiger partial charge in [-0.2, -0.15) is 0 Å². The van der Waals surface area contributed by atoms with Crippen molar-refractivity contribution in [1.29, 1.82) is 0 Å². The largest absolute Gasteiger partial charge is 0.497 e. The molecule has 0 bridgehead atoms. The third-order valence-corrected chi connectivity index (χ3v) is 3.88. The predicted molar refractivity (Wildman–Crippen MR) is 74.6 cm³/mol. The van der Waals surface area contributed by atoms with Gasteiger partial charge in [0.15, 0.2) is 0 Å². The molecule has 1 aliphatic carbocycles. The van der Waals surface area contributed by atoms with E-state index in [2.05, 4.69) is 24.1 Å². The second-order valence-electron chi connectivity index (χ2n) is 5.40. The van der Waals surface area contributed by atoms with Gasteiger partial charge in [-0.1, -0.05) is 18.6 Å². The van der Waals surface area contributed by atoms with E-state index in [1.807, 2.05) is 12.1 Å². The van der Waals surface area contributed by atoms with E-state index in [4.69, 9.17) is 10.5 Å². The van der Waals surface area contributed by atoms with Crippen LogP contribution in [0.3, 0.4) is 0 Å². The Labute approximate surface area is 110 Å². The van der Waals surface area contributed by atoms with Crippen LogP contribution in [0, 0.1) is 5.92 Å². The van der Waals surface area contributed by atoms with Crippen LogP contribution >= 0.6 is 0 Å². The van der Waals surface area contributed by atoms with Gasteiger partial charge in [0.05, 0.1) is 7.11 Å². The number of hydrogen-bond acceptors (Lipinski definition) is 3. The Morgan fingerprint density at radius 3 is 2.56 bits per heavy atom. The molecular formula is C15H24N2O. The van der Waals surface area contributed by atoms with Crippen LogP contribution in [0.15, 0.2) is 24.3 Å². The highest BCUT2D eigenvalue weighted by molar-refractivity contribution is 5.27. The Morgan fingerprint density at radius 2 is 2.00 bits per heavy atom. The Kier molecular flexibility index (Phi) is 4.61. The number of nitrogens with two attached hydrogens (primary N) is 1. The number of ether oxygens (including phenoxy) is 1. The van der Waals surface area contributed by atoms with Crippen LogP contribution in [0.1, 0.15) is 24.8 Å². The van der Waals surface area contributed by atoms with Gasteiger partial charge in [0.2, 0.25) is 0 Å². The number of rotatable bonds is 5. The summed E-state index contributed by atoms with van der Waals surface area (Å²) in [5.74, 6) is 1.59. The van der Waals surface area contributed by atoms with Gasteiger partial charge in [0.1, 0.15) is 5.75 Å². The first-order chi connectivity index (χ1) is 8.69. The normalized spacial score (nSPS) is 23.6. The maximum atomic E-state index is 6.12. The second kappa shape index (κ2) is 6.21. The van der Waals surface area contributed by atoms with Crippen molar-refractivity contribution in [2.45, 2.75) is 31.8 Å². The standard InChI is InChI=1S/C15H24N2O/c1-17(11-13-4-3-5-15(13)16)10-12-6-8-14(18-2)9-7-12/h6-9,13,15H,3-5,10-11,16H2,1-2H3. The minimum absolute atomic E-state index is 0.406. The molecule has 1 saturated carbocycles. The van der Waals surface area contributed by atoms with Gasteiger partial charge < -0.3 is 15.4 Å². The van der Waals surface area contributed by atoms with Gasteiger partial charge in [-0.05, 0) is 43.5 Å². The van der Waals surface area contributed by atoms with E-state index in [-0.39, 0.29) is 0 Å². The van der Waals surface area contributed by atoms with Crippen LogP contribution in [-0.4, -0.2) is 31.6 Å². The number of nitrogens with zero attached hydrogens (tertiary/aromatic N) is 1. The molecule has 3 nitrogen and oxygen atoms in total. The Bertz CT molecular complexity index is 363. The van der Waals surface area contributed by atoms with Gasteiger partial charge in [-0.25, -0.2) is 0 Å². The van der Waals surface area contributed by atoms with Crippen molar-refractivity contribution in [2.75, 3.05) is 20.7 Å². The molecule has 0 radical (unpaired) electrons. The first kappa shape index (κ1) is 13.4. The highest BCUT2D eigenvalue weighted by Crippen LogP contribution is 2.25. The maximum Gasteiger partial charge on any atom is 0.118 e. The van der Waals surface area contributed by atoms with Gasteiger partial charge in [-0.15, -0.1) is 0 Å². The molecule has 1 aliphatic rings. The van der Waals surface area contributed by atoms with Crippen LogP contribution in [0.5, 0.6) is 5.75 Å². The molecule has 18 heavy (non-hydrogen) atoms. The zero-order valence-corrected chi connectivity index (χ0v) is 11.4. The molecular weight excluding hydrogens is 224 g/mol. The average Bonchev–Trinajstić information content (AvgIpc) is 2.76. The molecule has 2 atom stereocenters. The fourth-order valence-electron chi connectivity index (χ4n) is 2.80. The second-order valence-corrected chi connectivity index (χ2v) is 5.40. The molecule has 2 unspecified atom stereocenters. The SMILES string of the molecule is COc1ccc(CN(C)CC2CCCC2N)cc1. The van der Waals surface area contributed by atoms with Crippen molar-refractivity contribution in [3.8, 4) is 5.75 Å². The molecule has 3 heteroatoms. The minimum atomic E-state index is 0.406. The highest BCUT2D eigenvalue weighted by atomic mass is 16.5. The lowest BCUT2D eigenvalue weighted by atomic mass is 10.0. The lowest BCUT2D eigenvalue weighted by Gasteiger charge is -2.23. The first-order valence-electron chi connectivity index (χ1n) is 6.76. The number of hydrogen-bond donors (Lipinski definition) is 1. The fraction of sp³-hybridized carbons (Fsp3) is 0.600. The van der Waals surface area contributed by atoms with Crippen LogP contribution in [-0.2, 0) is 6.54 Å². The Morgan fingerprint density at radius 1 is 1.28 bits per heavy atom. The number of benzene rings is 1. The Hall–Kier alpha value is -1.06. The molecule has 100 valence electrons. The van der Waals surface area contributed by atoms with Crippen molar-refractivity contribution in [2.24, 2.45) is 11.7 Å². The van der Waals surface area contributed by atoms with Crippen LogP contribution in [0.25, 0.3) is 0 Å². The summed E-state index contributed by atoms with van der Waals surface area (Å²) in [6.07, 6.45) is 3.78. The van der Waals surface area contributed by atoms with Crippen molar-refractivity contribution < 1.29 is 4.74 Å². The van der Waals surface area contributed by atoms with E-state index < -0.39 is 0 Å². The highest BCUT2D eigenvalue weighted by Gasteiger charge is 2.24. The Balaban J connectivity index is 1.84. The van der Waals surface area contributed by atoms with Crippen LogP contribution < -0.4 is 10.5 Å². The molecule has 1 aromatic rings. The molecule has 0 aliphatic heterocycles. The topological polar surface area (TPSA) is 38.5 Å². The van der Waals surface area contributed by atoms with Crippen molar-refractivity contribution >= 4 is 0 Å². The van der Waals surface area contributed by atoms with E-state index in [0.717, 1.165) is 18.8 Å². The van der Waals surface area contributed by atoms with Gasteiger partial charge in [0, 0.05) is 19.1 Å². The van der Waals surface area contributed by atoms with Crippen molar-refractivity contribution in [1.82, 2.24) is 4.90 Å². The fourth-order valence-corrected chi connectivity index (χ4v) is 2.80. The molecule has 0 aromatic heterocycles. The molecule has 2 N–H and O–H groups in total. The molecule has 1 fully saturated rings. The average molecular weight is 248 g/mol. The summed E-state index contributed by atoms with van der Waals surface area (Å²) < 4.78 is 5.17. The van der Waals surface area contributed by atoms with E-state index in [9.17, 15) is 0 Å². The molecule has 0 saturated heterocycles. The number of methoxy groups -OCH3 is 1. The zero-order chi connectivity index (χ0) is 13.0. The summed E-state index contributed by atoms with van der Waals surface area (Å²) in [6, 6.07) is 8.70. The summed E-state index contributed by atoms with van der Waals surface area (Å²) in [4.78, 5) is 2.37. The van der Waals surface area contributed by atoms with Crippen LogP contribution in [0.4, 0.5) is 0 Å². The lowest BCUT2D eigenvalue weighted by Crippen LogP contribution is -2.34. The zero-order valence-electron chi connectivity index (χ0n) is 11.4. The maximum absolute atomic E-state index is 6.12. The van der Waals surface area contributed by atoms with E-state index in [1.54, 1.807) is 7.11 Å². The summed E-state index contributed by atoms with van der Waals surface area (Å²) in [6.45, 7) is 2.08. The minimum Gasteiger partial charge on any atom is -0.497 e. The molecule has 0 spiro atoms. The predicted octanol–water partition coefficient (Wildman–Crippen LogP) is 2.25. The molecule has 1 aromatic carbocycles. The summed E-state index contributed by atoms with van der Waals surface area (Å²) >= 11 is 0. The summed E-state index contributed by atoms with van der Waals surface area (Å²) in [5.41, 5.74) is 7.44.